The fourth-order valence-corrected chi connectivity index (χ4v) is 3.69. The molecule has 2 aromatic heterocycles. The van der Waals surface area contributed by atoms with Gasteiger partial charge in [0, 0.05) is 24.2 Å². The molecule has 0 aliphatic rings. The fraction of sp³-hybridized carbons (Fsp3) is 0.222. The molecule has 0 radical (unpaired) electrons. The number of pyridine rings is 1. The number of nitrogens with zero attached hydrogens (tertiary/aromatic N) is 3. The maximum absolute atomic E-state index is 12.6. The van der Waals surface area contributed by atoms with Gasteiger partial charge in [0.15, 0.2) is 11.5 Å². The molecule has 0 aliphatic carbocycles. The molecule has 2 aromatic carbocycles. The van der Waals surface area contributed by atoms with Gasteiger partial charge in [-0.25, -0.2) is 19.7 Å². The number of benzene rings is 2. The second-order valence-corrected chi connectivity index (χ2v) is 8.13. The summed E-state index contributed by atoms with van der Waals surface area (Å²) in [5, 5.41) is 3.17. The Kier molecular flexibility index (Phi) is 6.92. The van der Waals surface area contributed by atoms with E-state index in [1.807, 2.05) is 44.2 Å². The molecule has 4 rings (SSSR count). The molecule has 0 amide bonds. The standard InChI is InChI=1S/C27H26N4O3/c1-4-34-27(33)20-8-10-22(11-9-20)30-25-16-28-24-15-21(18(3)29-26(24)31-25)14-23(32)13-19-7-5-6-17(2)12-19/h5-12,15-16H,4,13-14H2,1-3H3,(H,29,30,31). The number of aromatic nitrogens is 3. The van der Waals surface area contributed by atoms with Crippen LogP contribution >= 0.6 is 0 Å². The Balaban J connectivity index is 1.47. The van der Waals surface area contributed by atoms with Gasteiger partial charge >= 0.3 is 5.97 Å². The van der Waals surface area contributed by atoms with Crippen LogP contribution in [0.2, 0.25) is 0 Å². The highest BCUT2D eigenvalue weighted by atomic mass is 16.5. The molecule has 0 atom stereocenters. The number of aryl methyl sites for hydroxylation is 2. The third-order valence-electron chi connectivity index (χ3n) is 5.37. The van der Waals surface area contributed by atoms with Crippen LogP contribution in [0.5, 0.6) is 0 Å². The van der Waals surface area contributed by atoms with Crippen LogP contribution in [0.3, 0.4) is 0 Å². The molecule has 4 aromatic rings. The lowest BCUT2D eigenvalue weighted by Crippen LogP contribution is -2.09. The summed E-state index contributed by atoms with van der Waals surface area (Å²) in [6.45, 7) is 6.01. The molecular weight excluding hydrogens is 428 g/mol. The zero-order chi connectivity index (χ0) is 24.1. The molecule has 0 aliphatic heterocycles. The maximum Gasteiger partial charge on any atom is 0.338 e. The van der Waals surface area contributed by atoms with E-state index >= 15 is 0 Å². The van der Waals surface area contributed by atoms with Gasteiger partial charge in [-0.05, 0) is 62.2 Å². The van der Waals surface area contributed by atoms with Crippen molar-refractivity contribution >= 4 is 34.4 Å². The number of anilines is 2. The number of esters is 1. The lowest BCUT2D eigenvalue weighted by atomic mass is 10.0. The van der Waals surface area contributed by atoms with Crippen LogP contribution in [-0.2, 0) is 22.4 Å². The van der Waals surface area contributed by atoms with Crippen molar-refractivity contribution in [3.63, 3.8) is 0 Å². The minimum atomic E-state index is -0.354. The number of carbonyl (C=O) groups excluding carboxylic acids is 2. The number of rotatable bonds is 8. The van der Waals surface area contributed by atoms with Crippen LogP contribution in [-0.4, -0.2) is 33.3 Å². The summed E-state index contributed by atoms with van der Waals surface area (Å²) in [5.41, 5.74) is 6.15. The van der Waals surface area contributed by atoms with Gasteiger partial charge in [0.2, 0.25) is 0 Å². The number of nitrogens with one attached hydrogen (secondary N) is 1. The molecule has 7 heteroatoms. The smallest absolute Gasteiger partial charge is 0.338 e. The van der Waals surface area contributed by atoms with E-state index in [1.165, 1.54) is 0 Å². The maximum atomic E-state index is 12.6. The summed E-state index contributed by atoms with van der Waals surface area (Å²) in [6.07, 6.45) is 2.32. The van der Waals surface area contributed by atoms with Gasteiger partial charge in [0.1, 0.15) is 11.3 Å². The molecule has 172 valence electrons. The summed E-state index contributed by atoms with van der Waals surface area (Å²) in [7, 11) is 0. The van der Waals surface area contributed by atoms with Crippen molar-refractivity contribution in [2.75, 3.05) is 11.9 Å². The zero-order valence-corrected chi connectivity index (χ0v) is 19.5. The average molecular weight is 455 g/mol. The normalized spacial score (nSPS) is 10.8. The minimum absolute atomic E-state index is 0.132. The second kappa shape index (κ2) is 10.2. The summed E-state index contributed by atoms with van der Waals surface area (Å²) >= 11 is 0. The molecule has 0 bridgehead atoms. The van der Waals surface area contributed by atoms with Crippen molar-refractivity contribution in [2.24, 2.45) is 0 Å². The quantitative estimate of drug-likeness (QED) is 0.378. The van der Waals surface area contributed by atoms with E-state index in [0.29, 0.717) is 42.0 Å². The third-order valence-corrected chi connectivity index (χ3v) is 5.37. The van der Waals surface area contributed by atoms with Gasteiger partial charge in [-0.3, -0.25) is 4.79 Å². The topological polar surface area (TPSA) is 94.1 Å². The highest BCUT2D eigenvalue weighted by Gasteiger charge is 2.12. The first-order chi connectivity index (χ1) is 16.4. The van der Waals surface area contributed by atoms with Gasteiger partial charge < -0.3 is 10.1 Å². The van der Waals surface area contributed by atoms with E-state index in [9.17, 15) is 9.59 Å². The lowest BCUT2D eigenvalue weighted by Gasteiger charge is -2.09. The molecule has 7 nitrogen and oxygen atoms in total. The van der Waals surface area contributed by atoms with Crippen LogP contribution in [0.4, 0.5) is 11.5 Å². The molecule has 2 heterocycles. The molecule has 0 saturated carbocycles. The number of Topliss-reactive ketones (excluding diaryl/α,β-unsaturated/α-hetero) is 1. The fourth-order valence-electron chi connectivity index (χ4n) is 3.69. The number of ether oxygens (including phenoxy) is 1. The first-order valence-electron chi connectivity index (χ1n) is 11.2. The Morgan fingerprint density at radius 3 is 2.50 bits per heavy atom. The zero-order valence-electron chi connectivity index (χ0n) is 19.5. The van der Waals surface area contributed by atoms with Crippen molar-refractivity contribution < 1.29 is 14.3 Å². The van der Waals surface area contributed by atoms with Crippen LogP contribution < -0.4 is 5.32 Å². The Morgan fingerprint density at radius 1 is 0.971 bits per heavy atom. The highest BCUT2D eigenvalue weighted by molar-refractivity contribution is 5.90. The highest BCUT2D eigenvalue weighted by Crippen LogP contribution is 2.20. The number of hydrogen-bond donors (Lipinski definition) is 1. The SMILES string of the molecule is CCOC(=O)c1ccc(Nc2cnc3cc(CC(=O)Cc4cccc(C)c4)c(C)nc3n2)cc1. The molecule has 0 unspecified atom stereocenters. The van der Waals surface area contributed by atoms with E-state index in [1.54, 1.807) is 37.4 Å². The summed E-state index contributed by atoms with van der Waals surface area (Å²) in [6, 6.07) is 16.8. The molecule has 34 heavy (non-hydrogen) atoms. The van der Waals surface area contributed by atoms with Gasteiger partial charge in [-0.15, -0.1) is 0 Å². The van der Waals surface area contributed by atoms with Crippen LogP contribution in [0.15, 0.2) is 60.8 Å². The monoisotopic (exact) mass is 454 g/mol. The Bertz CT molecular complexity index is 1350. The van der Waals surface area contributed by atoms with Crippen LogP contribution in [0, 0.1) is 13.8 Å². The van der Waals surface area contributed by atoms with E-state index in [0.717, 1.165) is 28.1 Å². The van der Waals surface area contributed by atoms with Gasteiger partial charge in [0.25, 0.3) is 0 Å². The van der Waals surface area contributed by atoms with E-state index in [4.69, 9.17) is 4.74 Å². The van der Waals surface area contributed by atoms with E-state index in [2.05, 4.69) is 20.3 Å². The van der Waals surface area contributed by atoms with E-state index < -0.39 is 0 Å². The van der Waals surface area contributed by atoms with Crippen molar-refractivity contribution in [1.82, 2.24) is 15.0 Å². The van der Waals surface area contributed by atoms with Gasteiger partial charge in [0.05, 0.1) is 18.4 Å². The summed E-state index contributed by atoms with van der Waals surface area (Å²) < 4.78 is 5.00. The lowest BCUT2D eigenvalue weighted by molar-refractivity contribution is -0.117. The number of ketones is 1. The number of hydrogen-bond acceptors (Lipinski definition) is 7. The van der Waals surface area contributed by atoms with Crippen LogP contribution in [0.25, 0.3) is 11.2 Å². The predicted molar refractivity (Wildman–Crippen MR) is 131 cm³/mol. The molecule has 0 saturated heterocycles. The number of carbonyl (C=O) groups is 2. The Morgan fingerprint density at radius 2 is 1.76 bits per heavy atom. The average Bonchev–Trinajstić information content (AvgIpc) is 2.80. The second-order valence-electron chi connectivity index (χ2n) is 8.13. The first kappa shape index (κ1) is 23.0. The van der Waals surface area contributed by atoms with Gasteiger partial charge in [-0.1, -0.05) is 29.8 Å². The Hall–Kier alpha value is -4.13. The Labute approximate surface area is 198 Å². The van der Waals surface area contributed by atoms with E-state index in [-0.39, 0.29) is 11.8 Å². The summed E-state index contributed by atoms with van der Waals surface area (Å²) in [4.78, 5) is 38.1. The minimum Gasteiger partial charge on any atom is -0.462 e. The molecule has 0 spiro atoms. The molecule has 0 fully saturated rings. The van der Waals surface area contributed by atoms with Crippen LogP contribution in [0.1, 0.15) is 39.7 Å². The van der Waals surface area contributed by atoms with Gasteiger partial charge in [-0.2, -0.15) is 0 Å². The largest absolute Gasteiger partial charge is 0.462 e. The molecule has 1 N–H and O–H groups in total. The first-order valence-corrected chi connectivity index (χ1v) is 11.2. The summed E-state index contributed by atoms with van der Waals surface area (Å²) in [5.74, 6) is 0.311. The van der Waals surface area contributed by atoms with Crippen molar-refractivity contribution in [3.05, 3.63) is 88.7 Å². The molecular formula is C27H26N4O3. The van der Waals surface area contributed by atoms with Crippen molar-refractivity contribution in [1.29, 1.82) is 0 Å². The third kappa shape index (κ3) is 5.61. The van der Waals surface area contributed by atoms with Crippen molar-refractivity contribution in [2.45, 2.75) is 33.6 Å². The predicted octanol–water partition coefficient (Wildman–Crippen LogP) is 4.92. The van der Waals surface area contributed by atoms with Crippen molar-refractivity contribution in [3.8, 4) is 0 Å². The number of fused-ring (bicyclic) bond motifs is 1.